The van der Waals surface area contributed by atoms with Gasteiger partial charge in [0.05, 0.1) is 5.56 Å². The third-order valence-electron chi connectivity index (χ3n) is 2.75. The van der Waals surface area contributed by atoms with E-state index in [2.05, 4.69) is 5.32 Å². The summed E-state index contributed by atoms with van der Waals surface area (Å²) in [5.74, 6) is -0.244. The van der Waals surface area contributed by atoms with Crippen molar-refractivity contribution in [3.63, 3.8) is 0 Å². The molecular formula is C14H19F3N2O3. The van der Waals surface area contributed by atoms with Crippen LogP contribution >= 0.6 is 0 Å². The Morgan fingerprint density at radius 3 is 2.77 bits per heavy atom. The number of halogens is 3. The van der Waals surface area contributed by atoms with Gasteiger partial charge >= 0.3 is 6.18 Å². The van der Waals surface area contributed by atoms with Crippen LogP contribution in [0.3, 0.4) is 0 Å². The van der Waals surface area contributed by atoms with Crippen molar-refractivity contribution in [3.05, 3.63) is 29.8 Å². The number of ether oxygens (including phenoxy) is 1. The summed E-state index contributed by atoms with van der Waals surface area (Å²) in [6.45, 7) is 0.134. The molecule has 124 valence electrons. The Labute approximate surface area is 126 Å². The maximum absolute atomic E-state index is 12.5. The summed E-state index contributed by atoms with van der Waals surface area (Å²) in [5.41, 5.74) is 4.43. The highest BCUT2D eigenvalue weighted by Gasteiger charge is 2.30. The molecule has 1 rings (SSSR count). The second kappa shape index (κ2) is 8.60. The highest BCUT2D eigenvalue weighted by atomic mass is 19.4. The molecule has 1 amide bonds. The van der Waals surface area contributed by atoms with Crippen molar-refractivity contribution in [2.24, 2.45) is 5.73 Å². The molecule has 0 aliphatic rings. The first kappa shape index (κ1) is 18.2. The topological polar surface area (TPSA) is 84.6 Å². The van der Waals surface area contributed by atoms with Crippen LogP contribution in [0.25, 0.3) is 0 Å². The van der Waals surface area contributed by atoms with Crippen molar-refractivity contribution in [1.29, 1.82) is 0 Å². The van der Waals surface area contributed by atoms with E-state index in [1.54, 1.807) is 0 Å². The van der Waals surface area contributed by atoms with E-state index in [-0.39, 0.29) is 31.2 Å². The number of nitrogens with two attached hydrogens (primary N) is 1. The summed E-state index contributed by atoms with van der Waals surface area (Å²) in [5, 5.41) is 12.1. The number of carbonyl (C=O) groups excluding carboxylic acids is 1. The lowest BCUT2D eigenvalue weighted by molar-refractivity contribution is -0.137. The van der Waals surface area contributed by atoms with Gasteiger partial charge in [-0.2, -0.15) is 13.2 Å². The fourth-order valence-electron chi connectivity index (χ4n) is 1.60. The van der Waals surface area contributed by atoms with Crippen LogP contribution in [0.15, 0.2) is 24.3 Å². The van der Waals surface area contributed by atoms with Gasteiger partial charge in [0.25, 0.3) is 0 Å². The van der Waals surface area contributed by atoms with Gasteiger partial charge < -0.3 is 20.9 Å². The van der Waals surface area contributed by atoms with Crippen molar-refractivity contribution in [2.45, 2.75) is 25.1 Å². The summed E-state index contributed by atoms with van der Waals surface area (Å²) in [6, 6.07) is 4.37. The number of carbonyl (C=O) groups is 1. The standard InChI is InChI=1S/C14H19F3N2O3/c15-14(16,17)10-3-1-4-12(7-10)22-9-11(20)8-19-13(21)5-2-6-18/h1,3-4,7,11,20H,2,5-6,8-9,18H2,(H,19,21). The molecule has 22 heavy (non-hydrogen) atoms. The number of alkyl halides is 3. The van der Waals surface area contributed by atoms with E-state index in [1.165, 1.54) is 12.1 Å². The molecule has 0 aliphatic heterocycles. The van der Waals surface area contributed by atoms with E-state index in [1.807, 2.05) is 0 Å². The third-order valence-corrected chi connectivity index (χ3v) is 2.75. The van der Waals surface area contributed by atoms with Gasteiger partial charge in [-0.1, -0.05) is 6.07 Å². The molecule has 1 atom stereocenters. The predicted molar refractivity (Wildman–Crippen MR) is 74.2 cm³/mol. The zero-order valence-corrected chi connectivity index (χ0v) is 11.9. The second-order valence-electron chi connectivity index (χ2n) is 4.69. The van der Waals surface area contributed by atoms with Crippen LogP contribution in [0, 0.1) is 0 Å². The fraction of sp³-hybridized carbons (Fsp3) is 0.500. The van der Waals surface area contributed by atoms with E-state index in [9.17, 15) is 23.1 Å². The molecule has 0 aliphatic carbocycles. The normalized spacial score (nSPS) is 12.8. The van der Waals surface area contributed by atoms with Crippen LogP contribution in [0.5, 0.6) is 5.75 Å². The van der Waals surface area contributed by atoms with Crippen molar-refractivity contribution in [1.82, 2.24) is 5.32 Å². The first-order valence-corrected chi connectivity index (χ1v) is 6.78. The van der Waals surface area contributed by atoms with Crippen LogP contribution in [0.2, 0.25) is 0 Å². The van der Waals surface area contributed by atoms with E-state index in [4.69, 9.17) is 10.5 Å². The van der Waals surface area contributed by atoms with Crippen LogP contribution < -0.4 is 15.8 Å². The smallest absolute Gasteiger partial charge is 0.416 e. The molecule has 0 heterocycles. The number of nitrogens with one attached hydrogen (secondary N) is 1. The molecule has 0 spiro atoms. The van der Waals surface area contributed by atoms with Gasteiger partial charge in [0.15, 0.2) is 0 Å². The van der Waals surface area contributed by atoms with Crippen molar-refractivity contribution < 1.29 is 27.8 Å². The van der Waals surface area contributed by atoms with Gasteiger partial charge in [0.2, 0.25) is 5.91 Å². The Bertz CT molecular complexity index is 481. The maximum Gasteiger partial charge on any atom is 0.416 e. The third kappa shape index (κ3) is 6.77. The highest BCUT2D eigenvalue weighted by Crippen LogP contribution is 2.31. The minimum atomic E-state index is -4.45. The lowest BCUT2D eigenvalue weighted by atomic mass is 10.2. The lowest BCUT2D eigenvalue weighted by Crippen LogP contribution is -2.35. The maximum atomic E-state index is 12.5. The van der Waals surface area contributed by atoms with Gasteiger partial charge in [0, 0.05) is 13.0 Å². The van der Waals surface area contributed by atoms with Crippen LogP contribution in [-0.2, 0) is 11.0 Å². The molecule has 1 unspecified atom stereocenters. The first-order chi connectivity index (χ1) is 10.3. The number of aliphatic hydroxyl groups is 1. The Morgan fingerprint density at radius 1 is 1.41 bits per heavy atom. The SMILES string of the molecule is NCCCC(=O)NCC(O)COc1cccc(C(F)(F)F)c1. The molecule has 0 aromatic heterocycles. The van der Waals surface area contributed by atoms with Crippen molar-refractivity contribution >= 4 is 5.91 Å². The molecule has 8 heteroatoms. The molecule has 0 fully saturated rings. The van der Waals surface area contributed by atoms with E-state index in [0.717, 1.165) is 12.1 Å². The van der Waals surface area contributed by atoms with Gasteiger partial charge in [-0.05, 0) is 31.2 Å². The predicted octanol–water partition coefficient (Wildman–Crippen LogP) is 1.30. The molecule has 0 saturated heterocycles. The Balaban J connectivity index is 2.38. The zero-order chi connectivity index (χ0) is 16.6. The van der Waals surface area contributed by atoms with Crippen molar-refractivity contribution in [2.75, 3.05) is 19.7 Å². The molecule has 5 nitrogen and oxygen atoms in total. The number of aliphatic hydroxyl groups excluding tert-OH is 1. The minimum Gasteiger partial charge on any atom is -0.491 e. The van der Waals surface area contributed by atoms with Gasteiger partial charge in [-0.25, -0.2) is 0 Å². The number of rotatable bonds is 8. The lowest BCUT2D eigenvalue weighted by Gasteiger charge is -2.14. The zero-order valence-electron chi connectivity index (χ0n) is 11.9. The van der Waals surface area contributed by atoms with Gasteiger partial charge in [-0.3, -0.25) is 4.79 Å². The Hall–Kier alpha value is -1.80. The molecule has 0 bridgehead atoms. The summed E-state index contributed by atoms with van der Waals surface area (Å²) < 4.78 is 42.6. The van der Waals surface area contributed by atoms with E-state index in [0.29, 0.717) is 13.0 Å². The molecule has 4 N–H and O–H groups in total. The average Bonchev–Trinajstić information content (AvgIpc) is 2.48. The summed E-state index contributed by atoms with van der Waals surface area (Å²) in [6.07, 6.45) is -4.66. The molecule has 0 saturated carbocycles. The van der Waals surface area contributed by atoms with Gasteiger partial charge in [0.1, 0.15) is 18.5 Å². The fourth-order valence-corrected chi connectivity index (χ4v) is 1.60. The quantitative estimate of drug-likeness (QED) is 0.674. The molecule has 0 radical (unpaired) electrons. The molecular weight excluding hydrogens is 301 g/mol. The Morgan fingerprint density at radius 2 is 2.14 bits per heavy atom. The molecule has 1 aromatic rings. The van der Waals surface area contributed by atoms with Crippen LogP contribution in [0.1, 0.15) is 18.4 Å². The first-order valence-electron chi connectivity index (χ1n) is 6.78. The monoisotopic (exact) mass is 320 g/mol. The van der Waals surface area contributed by atoms with E-state index >= 15 is 0 Å². The number of amides is 1. The minimum absolute atomic E-state index is 0.00309. The summed E-state index contributed by atoms with van der Waals surface area (Å²) >= 11 is 0. The van der Waals surface area contributed by atoms with Crippen LogP contribution in [-0.4, -0.2) is 36.8 Å². The largest absolute Gasteiger partial charge is 0.491 e. The number of hydrogen-bond donors (Lipinski definition) is 3. The summed E-state index contributed by atoms with van der Waals surface area (Å²) in [4.78, 5) is 11.3. The molecule has 1 aromatic carbocycles. The van der Waals surface area contributed by atoms with Crippen LogP contribution in [0.4, 0.5) is 13.2 Å². The summed E-state index contributed by atoms with van der Waals surface area (Å²) in [7, 11) is 0. The Kier molecular flexibility index (Phi) is 7.13. The average molecular weight is 320 g/mol. The van der Waals surface area contributed by atoms with Gasteiger partial charge in [-0.15, -0.1) is 0 Å². The van der Waals surface area contributed by atoms with Crippen molar-refractivity contribution in [3.8, 4) is 5.75 Å². The number of hydrogen-bond acceptors (Lipinski definition) is 4. The second-order valence-corrected chi connectivity index (χ2v) is 4.69. The highest BCUT2D eigenvalue weighted by molar-refractivity contribution is 5.75. The number of benzene rings is 1. The van der Waals surface area contributed by atoms with E-state index < -0.39 is 17.8 Å².